The van der Waals surface area contributed by atoms with Crippen LogP contribution in [0.2, 0.25) is 10.0 Å². The fraction of sp³-hybridized carbons (Fsp3) is 0.294. The molecule has 0 bridgehead atoms. The minimum atomic E-state index is -0.253. The van der Waals surface area contributed by atoms with E-state index >= 15 is 0 Å². The van der Waals surface area contributed by atoms with Crippen LogP contribution in [-0.2, 0) is 0 Å². The van der Waals surface area contributed by atoms with Gasteiger partial charge in [0.2, 0.25) is 0 Å². The molecule has 0 radical (unpaired) electrons. The van der Waals surface area contributed by atoms with Crippen molar-refractivity contribution in [3.63, 3.8) is 0 Å². The van der Waals surface area contributed by atoms with E-state index in [0.717, 1.165) is 32.0 Å². The highest BCUT2D eigenvalue weighted by molar-refractivity contribution is 6.36. The van der Waals surface area contributed by atoms with Crippen molar-refractivity contribution in [1.82, 2.24) is 9.88 Å². The van der Waals surface area contributed by atoms with E-state index in [1.165, 1.54) is 0 Å². The molecule has 1 saturated heterocycles. The van der Waals surface area contributed by atoms with Crippen molar-refractivity contribution in [2.24, 2.45) is 0 Å². The number of halogens is 2. The maximum atomic E-state index is 12.3. The van der Waals surface area contributed by atoms with E-state index in [9.17, 15) is 4.79 Å². The van der Waals surface area contributed by atoms with Gasteiger partial charge in [0, 0.05) is 37.4 Å². The zero-order valence-electron chi connectivity index (χ0n) is 13.3. The number of benzene rings is 1. The first kappa shape index (κ1) is 17.0. The summed E-state index contributed by atoms with van der Waals surface area (Å²) < 4.78 is 0. The van der Waals surface area contributed by atoms with Gasteiger partial charge in [-0.1, -0.05) is 23.2 Å². The van der Waals surface area contributed by atoms with Crippen LogP contribution in [0.4, 0.5) is 11.5 Å². The summed E-state index contributed by atoms with van der Waals surface area (Å²) >= 11 is 11.9. The van der Waals surface area contributed by atoms with Gasteiger partial charge in [-0.05, 0) is 37.4 Å². The first-order chi connectivity index (χ1) is 11.5. The fourth-order valence-electron chi connectivity index (χ4n) is 2.53. The topological polar surface area (TPSA) is 48.5 Å². The smallest absolute Gasteiger partial charge is 0.257 e. The standard InChI is InChI=1S/C17H18Cl2N4O/c1-22-6-8-23(9-7-22)16-5-2-12(11-20-16)17(24)21-15-4-3-13(18)10-14(15)19/h2-5,10-11H,6-9H2,1H3,(H,21,24). The van der Waals surface area contributed by atoms with Gasteiger partial charge in [0.25, 0.3) is 5.91 Å². The number of anilines is 2. The Morgan fingerprint density at radius 2 is 1.88 bits per heavy atom. The monoisotopic (exact) mass is 364 g/mol. The molecule has 1 aromatic carbocycles. The lowest BCUT2D eigenvalue weighted by molar-refractivity contribution is 0.102. The van der Waals surface area contributed by atoms with E-state index in [1.54, 1.807) is 30.5 Å². The molecular weight excluding hydrogens is 347 g/mol. The van der Waals surface area contributed by atoms with Crippen molar-refractivity contribution in [2.75, 3.05) is 43.4 Å². The van der Waals surface area contributed by atoms with Gasteiger partial charge in [0.05, 0.1) is 16.3 Å². The van der Waals surface area contributed by atoms with E-state index in [1.807, 2.05) is 6.07 Å². The van der Waals surface area contributed by atoms with Gasteiger partial charge in [-0.3, -0.25) is 4.79 Å². The zero-order chi connectivity index (χ0) is 17.1. The molecule has 0 aliphatic carbocycles. The first-order valence-corrected chi connectivity index (χ1v) is 8.44. The largest absolute Gasteiger partial charge is 0.354 e. The lowest BCUT2D eigenvalue weighted by Gasteiger charge is -2.33. The predicted octanol–water partition coefficient (Wildman–Crippen LogP) is 3.39. The van der Waals surface area contributed by atoms with Crippen LogP contribution in [0.1, 0.15) is 10.4 Å². The van der Waals surface area contributed by atoms with Crippen LogP contribution in [0.3, 0.4) is 0 Å². The van der Waals surface area contributed by atoms with E-state index in [2.05, 4.69) is 27.1 Å². The second-order valence-corrected chi connectivity index (χ2v) is 6.62. The molecule has 0 spiro atoms. The number of carbonyl (C=O) groups is 1. The highest BCUT2D eigenvalue weighted by Gasteiger charge is 2.16. The molecule has 2 heterocycles. The molecule has 7 heteroatoms. The van der Waals surface area contributed by atoms with Crippen molar-refractivity contribution >= 4 is 40.6 Å². The molecule has 1 aliphatic rings. The third-order valence-corrected chi connectivity index (χ3v) is 4.56. The zero-order valence-corrected chi connectivity index (χ0v) is 14.8. The quantitative estimate of drug-likeness (QED) is 0.906. The van der Waals surface area contributed by atoms with Gasteiger partial charge >= 0.3 is 0 Å². The van der Waals surface area contributed by atoms with Crippen LogP contribution in [0, 0.1) is 0 Å². The molecule has 1 aliphatic heterocycles. The summed E-state index contributed by atoms with van der Waals surface area (Å²) in [5.41, 5.74) is 1.01. The molecule has 1 aromatic heterocycles. The van der Waals surface area contributed by atoms with Crippen molar-refractivity contribution in [3.8, 4) is 0 Å². The molecule has 3 rings (SSSR count). The third kappa shape index (κ3) is 3.98. The highest BCUT2D eigenvalue weighted by atomic mass is 35.5. The molecule has 1 amide bonds. The maximum Gasteiger partial charge on any atom is 0.257 e. The summed E-state index contributed by atoms with van der Waals surface area (Å²) in [5.74, 6) is 0.640. The number of piperazine rings is 1. The van der Waals surface area contributed by atoms with E-state index in [-0.39, 0.29) is 5.91 Å². The Morgan fingerprint density at radius 3 is 2.50 bits per heavy atom. The van der Waals surface area contributed by atoms with Gasteiger partial charge in [-0.15, -0.1) is 0 Å². The molecule has 0 saturated carbocycles. The normalized spacial score (nSPS) is 15.4. The molecule has 5 nitrogen and oxygen atoms in total. The summed E-state index contributed by atoms with van der Waals surface area (Å²) in [5, 5.41) is 3.69. The van der Waals surface area contributed by atoms with Crippen LogP contribution >= 0.6 is 23.2 Å². The number of carbonyl (C=O) groups excluding carboxylic acids is 1. The Bertz CT molecular complexity index is 728. The second kappa shape index (κ2) is 7.38. The van der Waals surface area contributed by atoms with E-state index < -0.39 is 0 Å². The molecular formula is C17H18Cl2N4O. The lowest BCUT2D eigenvalue weighted by atomic mass is 10.2. The van der Waals surface area contributed by atoms with Crippen LogP contribution in [0.25, 0.3) is 0 Å². The molecule has 1 N–H and O–H groups in total. The van der Waals surface area contributed by atoms with Crippen molar-refractivity contribution in [2.45, 2.75) is 0 Å². The molecule has 1 fully saturated rings. The average molecular weight is 365 g/mol. The van der Waals surface area contributed by atoms with Gasteiger partial charge in [-0.25, -0.2) is 4.98 Å². The number of hydrogen-bond donors (Lipinski definition) is 1. The summed E-state index contributed by atoms with van der Waals surface area (Å²) in [4.78, 5) is 21.2. The Morgan fingerprint density at radius 1 is 1.12 bits per heavy atom. The Kier molecular flexibility index (Phi) is 5.23. The third-order valence-electron chi connectivity index (χ3n) is 4.02. The van der Waals surface area contributed by atoms with Gasteiger partial charge in [0.15, 0.2) is 0 Å². The van der Waals surface area contributed by atoms with Gasteiger partial charge in [0.1, 0.15) is 5.82 Å². The summed E-state index contributed by atoms with van der Waals surface area (Å²) in [7, 11) is 2.11. The number of pyridine rings is 1. The van der Waals surface area contributed by atoms with Crippen LogP contribution < -0.4 is 10.2 Å². The summed E-state index contributed by atoms with van der Waals surface area (Å²) in [6.45, 7) is 3.91. The molecule has 2 aromatic rings. The summed E-state index contributed by atoms with van der Waals surface area (Å²) in [6, 6.07) is 8.60. The number of nitrogens with zero attached hydrogens (tertiary/aromatic N) is 3. The molecule has 24 heavy (non-hydrogen) atoms. The van der Waals surface area contributed by atoms with Crippen molar-refractivity contribution in [1.29, 1.82) is 0 Å². The van der Waals surface area contributed by atoms with Crippen molar-refractivity contribution < 1.29 is 4.79 Å². The number of nitrogens with one attached hydrogen (secondary N) is 1. The molecule has 126 valence electrons. The number of hydrogen-bond acceptors (Lipinski definition) is 4. The van der Waals surface area contributed by atoms with Crippen LogP contribution in [0.15, 0.2) is 36.5 Å². The predicted molar refractivity (Wildman–Crippen MR) is 98.4 cm³/mol. The van der Waals surface area contributed by atoms with Crippen LogP contribution in [0.5, 0.6) is 0 Å². The highest BCUT2D eigenvalue weighted by Crippen LogP contribution is 2.26. The van der Waals surface area contributed by atoms with E-state index in [0.29, 0.717) is 21.3 Å². The number of amides is 1. The van der Waals surface area contributed by atoms with Crippen LogP contribution in [-0.4, -0.2) is 49.0 Å². The van der Waals surface area contributed by atoms with E-state index in [4.69, 9.17) is 23.2 Å². The first-order valence-electron chi connectivity index (χ1n) is 7.69. The molecule has 0 atom stereocenters. The fourth-order valence-corrected chi connectivity index (χ4v) is 2.98. The average Bonchev–Trinajstić information content (AvgIpc) is 2.58. The lowest BCUT2D eigenvalue weighted by Crippen LogP contribution is -2.44. The minimum Gasteiger partial charge on any atom is -0.354 e. The Hall–Kier alpha value is -1.82. The minimum absolute atomic E-state index is 0.253. The number of likely N-dealkylation sites (N-methyl/N-ethyl adjacent to an activating group) is 1. The number of aromatic nitrogens is 1. The second-order valence-electron chi connectivity index (χ2n) is 5.77. The Labute approximate surface area is 151 Å². The SMILES string of the molecule is CN1CCN(c2ccc(C(=O)Nc3ccc(Cl)cc3Cl)cn2)CC1. The maximum absolute atomic E-state index is 12.3. The molecule has 0 unspecified atom stereocenters. The Balaban J connectivity index is 1.67. The summed E-state index contributed by atoms with van der Waals surface area (Å²) in [6.07, 6.45) is 1.59. The number of rotatable bonds is 3. The van der Waals surface area contributed by atoms with Gasteiger partial charge in [-0.2, -0.15) is 0 Å². The van der Waals surface area contributed by atoms with Gasteiger partial charge < -0.3 is 15.1 Å². The van der Waals surface area contributed by atoms with Crippen molar-refractivity contribution in [3.05, 3.63) is 52.1 Å².